The summed E-state index contributed by atoms with van der Waals surface area (Å²) in [6, 6.07) is 7.08. The van der Waals surface area contributed by atoms with E-state index in [1.54, 1.807) is 18.2 Å². The molecule has 0 heterocycles. The maximum absolute atomic E-state index is 13.5. The Labute approximate surface area is 112 Å². The van der Waals surface area contributed by atoms with Crippen LogP contribution in [0.4, 0.5) is 10.1 Å². The van der Waals surface area contributed by atoms with Gasteiger partial charge in [-0.2, -0.15) is 0 Å². The zero-order valence-corrected chi connectivity index (χ0v) is 11.0. The van der Waals surface area contributed by atoms with Crippen LogP contribution in [0, 0.1) is 17.7 Å². The molecule has 0 saturated heterocycles. The third-order valence-corrected chi connectivity index (χ3v) is 4.40. The summed E-state index contributed by atoms with van der Waals surface area (Å²) < 4.78 is 13.5. The van der Waals surface area contributed by atoms with E-state index >= 15 is 0 Å². The predicted molar refractivity (Wildman–Crippen MR) is 75.0 cm³/mol. The molecule has 3 rings (SSSR count). The van der Waals surface area contributed by atoms with Crippen molar-refractivity contribution in [2.75, 3.05) is 5.32 Å². The first-order valence-electron chi connectivity index (χ1n) is 6.54. The Bertz CT molecular complexity index is 463. The number of rotatable bonds is 2. The normalized spacial score (nSPS) is 29.3. The van der Waals surface area contributed by atoms with E-state index in [1.807, 2.05) is 0 Å². The molecular weight excluding hydrogens is 247 g/mol. The number of thiocarbonyl (C=S) groups is 1. The highest BCUT2D eigenvalue weighted by atomic mass is 32.1. The Morgan fingerprint density at radius 2 is 2.06 bits per heavy atom. The minimum atomic E-state index is -0.269. The highest BCUT2D eigenvalue weighted by Crippen LogP contribution is 2.44. The smallest absolute Gasteiger partial charge is 0.171 e. The second kappa shape index (κ2) is 4.84. The van der Waals surface area contributed by atoms with Gasteiger partial charge >= 0.3 is 0 Å². The number of benzene rings is 1. The number of hydrogen-bond donors (Lipinski definition) is 2. The molecule has 2 saturated carbocycles. The van der Waals surface area contributed by atoms with Crippen LogP contribution in [-0.4, -0.2) is 11.2 Å². The molecule has 1 aromatic rings. The van der Waals surface area contributed by atoms with Crippen LogP contribution in [0.5, 0.6) is 0 Å². The zero-order chi connectivity index (χ0) is 12.5. The number of hydrogen-bond acceptors (Lipinski definition) is 1. The summed E-state index contributed by atoms with van der Waals surface area (Å²) in [7, 11) is 0. The van der Waals surface area contributed by atoms with Gasteiger partial charge < -0.3 is 10.6 Å². The van der Waals surface area contributed by atoms with Gasteiger partial charge in [-0.05, 0) is 55.4 Å². The van der Waals surface area contributed by atoms with Crippen molar-refractivity contribution in [1.82, 2.24) is 5.32 Å². The van der Waals surface area contributed by atoms with Crippen molar-refractivity contribution >= 4 is 23.0 Å². The maximum Gasteiger partial charge on any atom is 0.171 e. The number of fused-ring (bicyclic) bond motifs is 2. The van der Waals surface area contributed by atoms with Gasteiger partial charge in [-0.3, -0.25) is 0 Å². The highest BCUT2D eigenvalue weighted by molar-refractivity contribution is 7.80. The molecule has 0 aliphatic heterocycles. The lowest BCUT2D eigenvalue weighted by molar-refractivity contribution is 0.391. The van der Waals surface area contributed by atoms with Crippen LogP contribution in [0.25, 0.3) is 0 Å². The minimum absolute atomic E-state index is 0.269. The fourth-order valence-corrected chi connectivity index (χ4v) is 3.57. The monoisotopic (exact) mass is 264 g/mol. The molecule has 2 nitrogen and oxygen atoms in total. The average Bonchev–Trinajstić information content (AvgIpc) is 2.94. The van der Waals surface area contributed by atoms with Crippen LogP contribution < -0.4 is 10.6 Å². The molecule has 3 atom stereocenters. The fourth-order valence-electron chi connectivity index (χ4n) is 3.31. The predicted octanol–water partition coefficient (Wildman–Crippen LogP) is 3.30. The van der Waals surface area contributed by atoms with Crippen LogP contribution in [0.15, 0.2) is 24.3 Å². The quantitative estimate of drug-likeness (QED) is 0.801. The molecule has 2 aliphatic rings. The Morgan fingerprint density at radius 3 is 2.72 bits per heavy atom. The summed E-state index contributed by atoms with van der Waals surface area (Å²) >= 11 is 5.26. The Hall–Kier alpha value is -1.16. The van der Waals surface area contributed by atoms with Crippen molar-refractivity contribution in [3.63, 3.8) is 0 Å². The second-order valence-electron chi connectivity index (χ2n) is 5.36. The summed E-state index contributed by atoms with van der Waals surface area (Å²) in [4.78, 5) is 0. The van der Waals surface area contributed by atoms with Gasteiger partial charge in [0.2, 0.25) is 0 Å². The lowest BCUT2D eigenvalue weighted by Gasteiger charge is -2.24. The molecule has 0 aromatic heterocycles. The van der Waals surface area contributed by atoms with E-state index in [-0.39, 0.29) is 5.82 Å². The SMILES string of the molecule is Fc1ccccc1NC(=S)NC1CC2CCC1C2. The van der Waals surface area contributed by atoms with Gasteiger partial charge in [0.25, 0.3) is 0 Å². The molecule has 2 aliphatic carbocycles. The molecule has 0 amide bonds. The van der Waals surface area contributed by atoms with E-state index in [9.17, 15) is 4.39 Å². The average molecular weight is 264 g/mol. The van der Waals surface area contributed by atoms with Gasteiger partial charge in [-0.25, -0.2) is 4.39 Å². The molecule has 18 heavy (non-hydrogen) atoms. The number of nitrogens with one attached hydrogen (secondary N) is 2. The van der Waals surface area contributed by atoms with Gasteiger partial charge in [0.05, 0.1) is 5.69 Å². The molecular formula is C14H17FN2S. The van der Waals surface area contributed by atoms with Crippen molar-refractivity contribution in [3.8, 4) is 0 Å². The first kappa shape index (κ1) is 11.9. The molecule has 96 valence electrons. The zero-order valence-electron chi connectivity index (χ0n) is 10.2. The number of para-hydroxylation sites is 1. The van der Waals surface area contributed by atoms with Gasteiger partial charge in [0.15, 0.2) is 5.11 Å². The van der Waals surface area contributed by atoms with Crippen LogP contribution in [-0.2, 0) is 0 Å². The third kappa shape index (κ3) is 2.34. The van der Waals surface area contributed by atoms with Crippen molar-refractivity contribution in [2.45, 2.75) is 31.7 Å². The number of anilines is 1. The molecule has 0 spiro atoms. The highest BCUT2D eigenvalue weighted by Gasteiger charge is 2.39. The second-order valence-corrected chi connectivity index (χ2v) is 5.77. The molecule has 0 radical (unpaired) electrons. The van der Waals surface area contributed by atoms with Gasteiger partial charge in [0.1, 0.15) is 5.82 Å². The molecule has 3 unspecified atom stereocenters. The summed E-state index contributed by atoms with van der Waals surface area (Å²) in [6.07, 6.45) is 5.23. The largest absolute Gasteiger partial charge is 0.359 e. The molecule has 2 bridgehead atoms. The first-order valence-corrected chi connectivity index (χ1v) is 6.95. The molecule has 2 fully saturated rings. The van der Waals surface area contributed by atoms with E-state index in [1.165, 1.54) is 31.7 Å². The Balaban J connectivity index is 1.58. The molecule has 1 aromatic carbocycles. The van der Waals surface area contributed by atoms with E-state index in [0.29, 0.717) is 16.8 Å². The van der Waals surface area contributed by atoms with Crippen molar-refractivity contribution in [1.29, 1.82) is 0 Å². The van der Waals surface area contributed by atoms with E-state index < -0.39 is 0 Å². The van der Waals surface area contributed by atoms with Crippen molar-refractivity contribution in [3.05, 3.63) is 30.1 Å². The van der Waals surface area contributed by atoms with E-state index in [4.69, 9.17) is 12.2 Å². The van der Waals surface area contributed by atoms with Crippen molar-refractivity contribution < 1.29 is 4.39 Å². The molecule has 4 heteroatoms. The topological polar surface area (TPSA) is 24.1 Å². The van der Waals surface area contributed by atoms with E-state index in [2.05, 4.69) is 10.6 Å². The third-order valence-electron chi connectivity index (χ3n) is 4.18. The van der Waals surface area contributed by atoms with Crippen LogP contribution in [0.3, 0.4) is 0 Å². The summed E-state index contributed by atoms with van der Waals surface area (Å²) in [5, 5.41) is 6.82. The lowest BCUT2D eigenvalue weighted by atomic mass is 9.96. The summed E-state index contributed by atoms with van der Waals surface area (Å²) in [6.45, 7) is 0. The van der Waals surface area contributed by atoms with Gasteiger partial charge in [-0.1, -0.05) is 18.6 Å². The van der Waals surface area contributed by atoms with Crippen LogP contribution in [0.1, 0.15) is 25.7 Å². The van der Waals surface area contributed by atoms with Crippen LogP contribution >= 0.6 is 12.2 Å². The van der Waals surface area contributed by atoms with Crippen LogP contribution in [0.2, 0.25) is 0 Å². The molecule has 2 N–H and O–H groups in total. The van der Waals surface area contributed by atoms with Gasteiger partial charge in [-0.15, -0.1) is 0 Å². The lowest BCUT2D eigenvalue weighted by Crippen LogP contribution is -2.40. The fraction of sp³-hybridized carbons (Fsp3) is 0.500. The first-order chi connectivity index (χ1) is 8.72. The standard InChI is InChI=1S/C14H17FN2S/c15-11-3-1-2-4-12(11)16-14(18)17-13-8-9-5-6-10(13)7-9/h1-4,9-10,13H,5-8H2,(H2,16,17,18). The summed E-state index contributed by atoms with van der Waals surface area (Å²) in [5.74, 6) is 1.37. The number of halogens is 1. The maximum atomic E-state index is 13.5. The van der Waals surface area contributed by atoms with E-state index in [0.717, 1.165) is 11.8 Å². The Morgan fingerprint density at radius 1 is 1.22 bits per heavy atom. The van der Waals surface area contributed by atoms with Gasteiger partial charge in [0, 0.05) is 6.04 Å². The Kier molecular flexibility index (Phi) is 3.20. The van der Waals surface area contributed by atoms with Crippen molar-refractivity contribution in [2.24, 2.45) is 11.8 Å². The summed E-state index contributed by atoms with van der Waals surface area (Å²) in [5.41, 5.74) is 0.443. The minimum Gasteiger partial charge on any atom is -0.359 e.